The zero-order chi connectivity index (χ0) is 44.1. The molecular weight excluding hydrogens is 825 g/mol. The number of sulfone groups is 1. The van der Waals surface area contributed by atoms with Crippen molar-refractivity contribution in [2.75, 3.05) is 70.1 Å². The molecule has 2 aromatic carbocycles. The number of fused-ring (bicyclic) bond motifs is 1. The van der Waals surface area contributed by atoms with Crippen LogP contribution in [0.5, 0.6) is 5.75 Å². The summed E-state index contributed by atoms with van der Waals surface area (Å²) < 4.78 is 78.8. The molecule has 0 spiro atoms. The molecule has 346 valence electrons. The molecule has 0 N–H and O–H groups in total. The average molecular weight is 900 g/mol. The van der Waals surface area contributed by atoms with Gasteiger partial charge in [-0.05, 0) is 89.4 Å². The van der Waals surface area contributed by atoms with Crippen LogP contribution in [0.1, 0.15) is 136 Å². The van der Waals surface area contributed by atoms with Crippen LogP contribution in [-0.4, -0.2) is 116 Å². The van der Waals surface area contributed by atoms with E-state index in [0.717, 1.165) is 90.3 Å². The summed E-state index contributed by atoms with van der Waals surface area (Å²) in [6.45, 7) is 14.8. The smallest absolute Gasteiger partial charge is 0.213 e. The summed E-state index contributed by atoms with van der Waals surface area (Å²) in [5, 5.41) is 0.532. The number of anilines is 1. The zero-order valence-electron chi connectivity index (χ0n) is 38.2. The second-order valence-electron chi connectivity index (χ2n) is 18.4. The van der Waals surface area contributed by atoms with Crippen molar-refractivity contribution < 1.29 is 26.1 Å². The van der Waals surface area contributed by atoms with Crippen LogP contribution in [0, 0.1) is 11.6 Å². The van der Waals surface area contributed by atoms with Crippen LogP contribution < -0.4 is 9.64 Å². The maximum Gasteiger partial charge on any atom is 0.213 e. The molecule has 6 rings (SSSR count). The van der Waals surface area contributed by atoms with E-state index in [-0.39, 0.29) is 17.3 Å². The summed E-state index contributed by atoms with van der Waals surface area (Å²) >= 11 is 0. The highest BCUT2D eigenvalue weighted by molar-refractivity contribution is 7.91. The van der Waals surface area contributed by atoms with Crippen LogP contribution in [0.3, 0.4) is 0 Å². The zero-order valence-corrected chi connectivity index (χ0v) is 39.9. The van der Waals surface area contributed by atoms with Gasteiger partial charge < -0.3 is 14.5 Å². The van der Waals surface area contributed by atoms with Crippen molar-refractivity contribution in [3.05, 3.63) is 48.2 Å². The van der Waals surface area contributed by atoms with Crippen molar-refractivity contribution in [3.8, 4) is 5.75 Å². The Kier molecular flexibility index (Phi) is 18.9. The van der Waals surface area contributed by atoms with Crippen LogP contribution in [0.2, 0.25) is 0 Å². The SMILES string of the molecule is CCCCCCCCCCCCCCCCOc1ccc(S(=O)(=O)c2cnc3ccc(S(C)=O)cc3c2N2CCC(N3CCC(N4CCN(C(C)C)CC4)CC3)CC2)c(F)c1F. The molecule has 3 fully saturated rings. The highest BCUT2D eigenvalue weighted by Crippen LogP contribution is 2.40. The van der Waals surface area contributed by atoms with Crippen molar-refractivity contribution in [2.45, 2.75) is 169 Å². The lowest BCUT2D eigenvalue weighted by Crippen LogP contribution is -2.56. The van der Waals surface area contributed by atoms with Gasteiger partial charge in [-0.1, -0.05) is 90.4 Å². The van der Waals surface area contributed by atoms with E-state index in [1.807, 2.05) is 0 Å². The Labute approximate surface area is 374 Å². The average Bonchev–Trinajstić information content (AvgIpc) is 3.28. The second kappa shape index (κ2) is 24.0. The summed E-state index contributed by atoms with van der Waals surface area (Å²) in [5.74, 6) is -3.05. The molecule has 9 nitrogen and oxygen atoms in total. The molecule has 3 aliphatic heterocycles. The molecule has 13 heteroatoms. The second-order valence-corrected chi connectivity index (χ2v) is 21.7. The van der Waals surface area contributed by atoms with Crippen molar-refractivity contribution in [3.63, 3.8) is 0 Å². The molecule has 4 heterocycles. The van der Waals surface area contributed by atoms with E-state index < -0.39 is 37.2 Å². The van der Waals surface area contributed by atoms with E-state index in [1.165, 1.54) is 76.5 Å². The van der Waals surface area contributed by atoms with E-state index in [1.54, 1.807) is 24.5 Å². The molecule has 0 radical (unpaired) electrons. The fourth-order valence-electron chi connectivity index (χ4n) is 9.96. The summed E-state index contributed by atoms with van der Waals surface area (Å²) in [6.07, 6.45) is 23.9. The summed E-state index contributed by atoms with van der Waals surface area (Å²) in [5.41, 5.74) is 0.948. The molecular formula is C49H75F2N5O4S2. The van der Waals surface area contributed by atoms with Crippen LogP contribution in [-0.2, 0) is 20.6 Å². The third-order valence-corrected chi connectivity index (χ3v) is 16.5. The number of halogens is 2. The number of likely N-dealkylation sites (tertiary alicyclic amines) is 1. The van der Waals surface area contributed by atoms with Gasteiger partial charge in [0, 0.05) is 90.9 Å². The Hall–Kier alpha value is -2.71. The molecule has 3 aromatic rings. The van der Waals surface area contributed by atoms with Crippen LogP contribution in [0.25, 0.3) is 10.9 Å². The topological polar surface area (TPSA) is 86.3 Å². The number of piperidine rings is 2. The molecule has 3 aliphatic rings. The van der Waals surface area contributed by atoms with Crippen LogP contribution in [0.15, 0.2) is 51.2 Å². The highest BCUT2D eigenvalue weighted by Gasteiger charge is 2.35. The van der Waals surface area contributed by atoms with Gasteiger partial charge in [0.05, 0.1) is 17.8 Å². The molecule has 1 aromatic heterocycles. The number of rotatable bonds is 23. The third kappa shape index (κ3) is 12.8. The Morgan fingerprint density at radius 2 is 1.26 bits per heavy atom. The van der Waals surface area contributed by atoms with E-state index in [9.17, 15) is 12.6 Å². The van der Waals surface area contributed by atoms with Crippen molar-refractivity contribution in [1.29, 1.82) is 0 Å². The van der Waals surface area contributed by atoms with Crippen molar-refractivity contribution >= 4 is 37.2 Å². The van der Waals surface area contributed by atoms with E-state index in [0.29, 0.717) is 59.1 Å². The number of ether oxygens (including phenoxy) is 1. The predicted molar refractivity (Wildman–Crippen MR) is 250 cm³/mol. The molecule has 62 heavy (non-hydrogen) atoms. The number of hydrogen-bond acceptors (Lipinski definition) is 9. The van der Waals surface area contributed by atoms with Crippen molar-refractivity contribution in [2.24, 2.45) is 0 Å². The minimum atomic E-state index is -4.59. The van der Waals surface area contributed by atoms with Gasteiger partial charge in [-0.3, -0.25) is 19.0 Å². The number of pyridine rings is 1. The summed E-state index contributed by atoms with van der Waals surface area (Å²) in [7, 11) is -5.92. The van der Waals surface area contributed by atoms with E-state index in [4.69, 9.17) is 4.74 Å². The fraction of sp³-hybridized carbons (Fsp3) is 0.694. The molecule has 3 saturated heterocycles. The van der Waals surface area contributed by atoms with E-state index >= 15 is 8.78 Å². The lowest BCUT2D eigenvalue weighted by molar-refractivity contribution is 0.0359. The number of nitrogens with zero attached hydrogens (tertiary/aromatic N) is 5. The molecule has 0 aliphatic carbocycles. The maximum absolute atomic E-state index is 15.9. The van der Waals surface area contributed by atoms with Gasteiger partial charge in [0.1, 0.15) is 9.79 Å². The lowest BCUT2D eigenvalue weighted by atomic mass is 9.96. The van der Waals surface area contributed by atoms with Gasteiger partial charge in [-0.25, -0.2) is 12.8 Å². The summed E-state index contributed by atoms with van der Waals surface area (Å²) in [4.78, 5) is 14.0. The minimum Gasteiger partial charge on any atom is -0.490 e. The Bertz CT molecular complexity index is 2000. The lowest BCUT2D eigenvalue weighted by Gasteiger charge is -2.46. The number of piperazine rings is 1. The first kappa shape index (κ1) is 48.7. The monoisotopic (exact) mass is 900 g/mol. The van der Waals surface area contributed by atoms with Crippen molar-refractivity contribution in [1.82, 2.24) is 19.7 Å². The van der Waals surface area contributed by atoms with Gasteiger partial charge in [-0.15, -0.1) is 0 Å². The Morgan fingerprint density at radius 1 is 0.710 bits per heavy atom. The molecule has 0 amide bonds. The first-order valence-electron chi connectivity index (χ1n) is 24.1. The quantitative estimate of drug-likeness (QED) is 0.0864. The normalized spacial score (nSPS) is 18.6. The minimum absolute atomic E-state index is 0.185. The number of hydrogen-bond donors (Lipinski definition) is 0. The first-order chi connectivity index (χ1) is 30.0. The van der Waals surface area contributed by atoms with Crippen LogP contribution >= 0.6 is 0 Å². The van der Waals surface area contributed by atoms with Gasteiger partial charge in [0.25, 0.3) is 0 Å². The standard InChI is InChI=1S/C49H75F2N5O4S2/c1-5-6-7-8-9-10-11-12-13-14-15-16-17-18-35-60-44-21-22-45(48(51)47(44)50)62(58,59)46-37-52-43-20-19-41(61(4)57)36-42(43)49(46)56-29-25-39(26-30-56)54-27-23-40(24-28-54)55-33-31-53(32-34-55)38(2)3/h19-22,36-40H,5-18,23-35H2,1-4H3. The van der Waals surface area contributed by atoms with Gasteiger partial charge >= 0.3 is 0 Å². The van der Waals surface area contributed by atoms with Crippen LogP contribution in [0.4, 0.5) is 14.5 Å². The largest absolute Gasteiger partial charge is 0.490 e. The third-order valence-electron chi connectivity index (χ3n) is 13.8. The molecule has 0 saturated carbocycles. The number of unbranched alkanes of at least 4 members (excludes halogenated alkanes) is 13. The Balaban J connectivity index is 1.05. The first-order valence-corrected chi connectivity index (χ1v) is 27.1. The fourth-order valence-corrected chi connectivity index (χ4v) is 12.0. The van der Waals surface area contributed by atoms with Gasteiger partial charge in [0.15, 0.2) is 11.6 Å². The highest BCUT2D eigenvalue weighted by atomic mass is 32.2. The number of aromatic nitrogens is 1. The number of benzene rings is 2. The van der Waals surface area contributed by atoms with Gasteiger partial charge in [0.2, 0.25) is 15.7 Å². The summed E-state index contributed by atoms with van der Waals surface area (Å²) in [6, 6.07) is 9.13. The molecule has 1 atom stereocenters. The Morgan fingerprint density at radius 3 is 1.82 bits per heavy atom. The van der Waals surface area contributed by atoms with E-state index in [2.05, 4.69) is 45.4 Å². The molecule has 1 unspecified atom stereocenters. The van der Waals surface area contributed by atoms with Gasteiger partial charge in [-0.2, -0.15) is 4.39 Å². The predicted octanol–water partition coefficient (Wildman–Crippen LogP) is 10.4. The molecule has 0 bridgehead atoms. The maximum atomic E-state index is 15.9.